The molecule has 0 amide bonds. The van der Waals surface area contributed by atoms with E-state index in [0.717, 1.165) is 18.8 Å². The molecule has 1 unspecified atom stereocenters. The molecule has 0 radical (unpaired) electrons. The van der Waals surface area contributed by atoms with Crippen molar-refractivity contribution in [3.63, 3.8) is 0 Å². The van der Waals surface area contributed by atoms with Gasteiger partial charge in [-0.05, 0) is 118 Å². The van der Waals surface area contributed by atoms with Gasteiger partial charge in [-0.3, -0.25) is 0 Å². The second kappa shape index (κ2) is 15.8. The van der Waals surface area contributed by atoms with Gasteiger partial charge in [0.25, 0.3) is 6.10 Å². The Morgan fingerprint density at radius 3 is 1.70 bits per heavy atom. The van der Waals surface area contributed by atoms with Gasteiger partial charge in [0.1, 0.15) is 11.4 Å². The zero-order chi connectivity index (χ0) is 38.8. The van der Waals surface area contributed by atoms with Gasteiger partial charge in [0, 0.05) is 5.57 Å². The molecular weight excluding hydrogens is 744 g/mol. The van der Waals surface area contributed by atoms with E-state index in [1.54, 1.807) is 0 Å². The molecule has 3 aromatic rings. The topological polar surface area (TPSA) is 119 Å². The molecule has 0 heterocycles. The van der Waals surface area contributed by atoms with Gasteiger partial charge in [0.15, 0.2) is 31.4 Å². The zero-order valence-corrected chi connectivity index (χ0v) is 30.5. The van der Waals surface area contributed by atoms with E-state index in [9.17, 15) is 44.5 Å². The molecule has 4 saturated carbocycles. The van der Waals surface area contributed by atoms with Crippen LogP contribution in [-0.4, -0.2) is 54.7 Å². The number of hydrogen-bond acceptors (Lipinski definition) is 8. The highest BCUT2D eigenvalue weighted by molar-refractivity contribution is 7.97. The average Bonchev–Trinajstić information content (AvgIpc) is 3.09. The van der Waals surface area contributed by atoms with Crippen molar-refractivity contribution in [1.29, 1.82) is 0 Å². The zero-order valence-electron chi connectivity index (χ0n) is 28.9. The summed E-state index contributed by atoms with van der Waals surface area (Å²) in [4.78, 5) is 27.3. The normalized spacial score (nSPS) is 24.1. The van der Waals surface area contributed by atoms with Gasteiger partial charge in [-0.2, -0.15) is 22.0 Å². The van der Waals surface area contributed by atoms with Crippen LogP contribution in [0, 0.1) is 23.7 Å². The Labute approximate surface area is 307 Å². The van der Waals surface area contributed by atoms with E-state index < -0.39 is 39.2 Å². The Bertz CT molecular complexity index is 1800. The summed E-state index contributed by atoms with van der Waals surface area (Å²) < 4.78 is 108. The number of benzene rings is 3. The molecule has 286 valence electrons. The summed E-state index contributed by atoms with van der Waals surface area (Å²) in [7, 11) is -6.86. The van der Waals surface area contributed by atoms with Crippen LogP contribution in [0.4, 0.5) is 22.0 Å². The Kier molecular flexibility index (Phi) is 12.0. The molecular formula is C38H39F5O8S2. The highest BCUT2D eigenvalue weighted by atomic mass is 32.2. The van der Waals surface area contributed by atoms with Gasteiger partial charge in [-0.1, -0.05) is 43.0 Å². The lowest BCUT2D eigenvalue weighted by Crippen LogP contribution is -2.58. The molecule has 0 aromatic heterocycles. The maximum Gasteiger partial charge on any atom is 0.432 e. The van der Waals surface area contributed by atoms with Crippen LogP contribution in [-0.2, 0) is 40.1 Å². The van der Waals surface area contributed by atoms with Crippen molar-refractivity contribution in [1.82, 2.24) is 0 Å². The maximum absolute atomic E-state index is 12.8. The molecule has 0 aliphatic heterocycles. The average molecular weight is 783 g/mol. The molecule has 0 saturated heterocycles. The minimum Gasteiger partial charge on any atom is -0.743 e. The van der Waals surface area contributed by atoms with E-state index in [1.165, 1.54) is 46.8 Å². The molecule has 1 atom stereocenters. The SMILES string of the molecule is C=C(C)C(=O)OC(C(F)(F)F)C(F)(F)S(=O)(=O)[O-].CC1(OC(=O)COc2ccc([S+](c3ccccc3)c3ccccc3)cc2)C2CC3CC(C2)CC1C3. The Balaban J connectivity index is 0.000000257. The van der Waals surface area contributed by atoms with Crippen molar-refractivity contribution in [3.8, 4) is 5.75 Å². The first kappa shape index (κ1) is 40.2. The molecule has 15 heteroatoms. The second-order valence-electron chi connectivity index (χ2n) is 13.8. The monoisotopic (exact) mass is 782 g/mol. The first-order chi connectivity index (χ1) is 24.8. The quantitative estimate of drug-likeness (QED) is 0.0630. The van der Waals surface area contributed by atoms with Crippen LogP contribution in [0.15, 0.2) is 112 Å². The van der Waals surface area contributed by atoms with Crippen molar-refractivity contribution in [2.75, 3.05) is 6.61 Å². The smallest absolute Gasteiger partial charge is 0.432 e. The van der Waals surface area contributed by atoms with Crippen molar-refractivity contribution in [2.24, 2.45) is 23.7 Å². The number of carbonyl (C=O) groups excluding carboxylic acids is 2. The molecule has 4 fully saturated rings. The number of halogens is 5. The lowest BCUT2D eigenvalue weighted by molar-refractivity contribution is -0.257. The predicted octanol–water partition coefficient (Wildman–Crippen LogP) is 8.09. The van der Waals surface area contributed by atoms with Crippen LogP contribution in [0.2, 0.25) is 0 Å². The largest absolute Gasteiger partial charge is 0.743 e. The second-order valence-corrected chi connectivity index (χ2v) is 17.3. The summed E-state index contributed by atoms with van der Waals surface area (Å²) in [5, 5.41) is -5.84. The molecule has 4 bridgehead atoms. The Morgan fingerprint density at radius 1 is 0.830 bits per heavy atom. The van der Waals surface area contributed by atoms with E-state index in [4.69, 9.17) is 9.47 Å². The van der Waals surface area contributed by atoms with Crippen LogP contribution < -0.4 is 4.74 Å². The molecule has 0 N–H and O–H groups in total. The number of ether oxygens (including phenoxy) is 3. The highest BCUT2D eigenvalue weighted by Crippen LogP contribution is 2.59. The minimum absolute atomic E-state index is 0.0374. The number of carbonyl (C=O) groups is 2. The van der Waals surface area contributed by atoms with E-state index in [0.29, 0.717) is 17.6 Å². The predicted molar refractivity (Wildman–Crippen MR) is 184 cm³/mol. The maximum atomic E-state index is 12.8. The van der Waals surface area contributed by atoms with Gasteiger partial charge in [0.05, 0.1) is 10.9 Å². The summed E-state index contributed by atoms with van der Waals surface area (Å²) >= 11 is 0. The number of rotatable bonds is 11. The minimum atomic E-state index is -6.67. The number of hydrogen-bond donors (Lipinski definition) is 0. The van der Waals surface area contributed by atoms with Gasteiger partial charge in [0.2, 0.25) is 0 Å². The Morgan fingerprint density at radius 2 is 1.28 bits per heavy atom. The fraction of sp³-hybridized carbons (Fsp3) is 0.421. The van der Waals surface area contributed by atoms with E-state index in [1.807, 2.05) is 12.1 Å². The van der Waals surface area contributed by atoms with Crippen LogP contribution in [0.25, 0.3) is 0 Å². The molecule has 0 spiro atoms. The third kappa shape index (κ3) is 9.23. The third-order valence-electron chi connectivity index (χ3n) is 9.98. The summed E-state index contributed by atoms with van der Waals surface area (Å²) in [6.07, 6.45) is -4.03. The van der Waals surface area contributed by atoms with Crippen molar-refractivity contribution < 1.29 is 58.7 Å². The van der Waals surface area contributed by atoms with Crippen LogP contribution in [0.5, 0.6) is 5.75 Å². The van der Waals surface area contributed by atoms with Crippen molar-refractivity contribution in [2.45, 2.75) is 83.8 Å². The van der Waals surface area contributed by atoms with Gasteiger partial charge in [-0.15, -0.1) is 0 Å². The van der Waals surface area contributed by atoms with Crippen LogP contribution >= 0.6 is 0 Å². The highest BCUT2D eigenvalue weighted by Gasteiger charge is 2.63. The molecule has 53 heavy (non-hydrogen) atoms. The number of esters is 2. The molecule has 8 nitrogen and oxygen atoms in total. The first-order valence-corrected chi connectivity index (χ1v) is 19.5. The van der Waals surface area contributed by atoms with E-state index >= 15 is 0 Å². The standard InChI is InChI=1S/C31H33O3S.C7H7F5O5S/c1-31(24-17-22-16-23(19-24)20-25(31)18-22)34-30(32)21-33-26-12-14-29(15-13-26)35(27-8-4-2-5-9-27)28-10-6-3-7-11-28;1-3(2)4(13)17-5(6(8,9)10)7(11,12)18(14,15)16/h2-15,22-25H,16-21H2,1H3;5H,1H2,2H3,(H,14,15,16)/q+1;/p-1. The molecule has 4 aliphatic rings. The third-order valence-corrected chi connectivity index (χ3v) is 13.1. The molecule has 4 aliphatic carbocycles. The van der Waals surface area contributed by atoms with E-state index in [2.05, 4.69) is 91.0 Å². The molecule has 3 aromatic carbocycles. The lowest BCUT2D eigenvalue weighted by atomic mass is 9.50. The molecule has 7 rings (SSSR count). The Hall–Kier alpha value is -3.95. The number of alkyl halides is 5. The fourth-order valence-electron chi connectivity index (χ4n) is 7.56. The lowest BCUT2D eigenvalue weighted by Gasteiger charge is -2.59. The fourth-order valence-corrected chi connectivity index (χ4v) is 10.1. The summed E-state index contributed by atoms with van der Waals surface area (Å²) in [6.45, 7) is 5.81. The summed E-state index contributed by atoms with van der Waals surface area (Å²) in [5.74, 6) is 1.32. The van der Waals surface area contributed by atoms with Crippen molar-refractivity contribution in [3.05, 3.63) is 97.1 Å². The summed E-state index contributed by atoms with van der Waals surface area (Å²) in [5.41, 5.74) is -0.986. The van der Waals surface area contributed by atoms with Gasteiger partial charge in [-0.25, -0.2) is 18.0 Å². The van der Waals surface area contributed by atoms with Crippen LogP contribution in [0.1, 0.15) is 46.0 Å². The van der Waals surface area contributed by atoms with Gasteiger partial charge < -0.3 is 18.8 Å². The van der Waals surface area contributed by atoms with Crippen molar-refractivity contribution >= 4 is 33.0 Å². The first-order valence-electron chi connectivity index (χ1n) is 16.8. The van der Waals surface area contributed by atoms with E-state index in [-0.39, 0.29) is 29.1 Å². The van der Waals surface area contributed by atoms with Gasteiger partial charge >= 0.3 is 23.4 Å². The summed E-state index contributed by atoms with van der Waals surface area (Å²) in [6, 6.07) is 29.4. The van der Waals surface area contributed by atoms with Crippen LogP contribution in [0.3, 0.4) is 0 Å².